The van der Waals surface area contributed by atoms with Crippen molar-refractivity contribution in [1.29, 1.82) is 0 Å². The molecule has 0 radical (unpaired) electrons. The lowest BCUT2D eigenvalue weighted by molar-refractivity contribution is -0.113. The number of nitrogens with zero attached hydrogens (tertiary/aromatic N) is 3. The van der Waals surface area contributed by atoms with Gasteiger partial charge in [0.25, 0.3) is 0 Å². The number of hydrogen-bond acceptors (Lipinski definition) is 5. The number of hydrogen-bond donors (Lipinski definition) is 2. The van der Waals surface area contributed by atoms with E-state index in [-0.39, 0.29) is 17.5 Å². The van der Waals surface area contributed by atoms with Crippen molar-refractivity contribution in [1.82, 2.24) is 20.2 Å². The summed E-state index contributed by atoms with van der Waals surface area (Å²) in [5, 5.41) is 12.2. The Balaban J connectivity index is 1.49. The third kappa shape index (κ3) is 3.55. The number of carbonyl (C=O) groups is 1. The summed E-state index contributed by atoms with van der Waals surface area (Å²) in [5.41, 5.74) is 5.82. The van der Waals surface area contributed by atoms with Gasteiger partial charge in [0.05, 0.1) is 5.75 Å². The van der Waals surface area contributed by atoms with Crippen molar-refractivity contribution in [3.05, 3.63) is 52.8 Å². The number of carbonyl (C=O) groups excluding carboxylic acids is 1. The van der Waals surface area contributed by atoms with Gasteiger partial charge in [-0.2, -0.15) is 0 Å². The number of aryl methyl sites for hydroxylation is 3. The lowest BCUT2D eigenvalue weighted by atomic mass is 10.1. The number of anilines is 1. The van der Waals surface area contributed by atoms with Crippen molar-refractivity contribution in [2.45, 2.75) is 25.9 Å². The molecule has 0 aliphatic rings. The molecule has 1 amide bonds. The third-order valence-electron chi connectivity index (χ3n) is 4.43. The van der Waals surface area contributed by atoms with Crippen molar-refractivity contribution in [3.8, 4) is 0 Å². The molecule has 0 fully saturated rings. The van der Waals surface area contributed by atoms with Crippen LogP contribution in [0.2, 0.25) is 0 Å². The Morgan fingerprint density at radius 2 is 1.89 bits per heavy atom. The molecule has 2 aromatic heterocycles. The van der Waals surface area contributed by atoms with Gasteiger partial charge in [0.1, 0.15) is 11.3 Å². The van der Waals surface area contributed by atoms with Crippen LogP contribution in [0.25, 0.3) is 22.1 Å². The minimum absolute atomic E-state index is 0.137. The Kier molecular flexibility index (Phi) is 4.72. The first-order valence-corrected chi connectivity index (χ1v) is 9.71. The molecule has 2 heterocycles. The van der Waals surface area contributed by atoms with E-state index in [4.69, 9.17) is 0 Å². The van der Waals surface area contributed by atoms with Crippen LogP contribution in [0.3, 0.4) is 0 Å². The molecule has 0 bridgehead atoms. The normalized spacial score (nSPS) is 11.3. The first-order valence-electron chi connectivity index (χ1n) is 8.73. The van der Waals surface area contributed by atoms with Gasteiger partial charge >= 0.3 is 0 Å². The van der Waals surface area contributed by atoms with Crippen LogP contribution in [0.4, 0.5) is 10.1 Å². The summed E-state index contributed by atoms with van der Waals surface area (Å²) in [6, 6.07) is 8.49. The summed E-state index contributed by atoms with van der Waals surface area (Å²) >= 11 is 1.20. The van der Waals surface area contributed by atoms with Crippen LogP contribution in [-0.4, -0.2) is 31.8 Å². The summed E-state index contributed by atoms with van der Waals surface area (Å²) < 4.78 is 13.5. The van der Waals surface area contributed by atoms with E-state index in [0.717, 1.165) is 27.9 Å². The Morgan fingerprint density at radius 3 is 2.64 bits per heavy atom. The van der Waals surface area contributed by atoms with Crippen LogP contribution < -0.4 is 5.32 Å². The molecule has 0 atom stereocenters. The van der Waals surface area contributed by atoms with Crippen molar-refractivity contribution < 1.29 is 9.18 Å². The number of H-pyrrole nitrogens is 1. The molecule has 6 nitrogen and oxygen atoms in total. The van der Waals surface area contributed by atoms with E-state index in [0.29, 0.717) is 21.7 Å². The van der Waals surface area contributed by atoms with Gasteiger partial charge in [-0.05, 0) is 50.1 Å². The lowest BCUT2D eigenvalue weighted by Gasteiger charge is -2.12. The van der Waals surface area contributed by atoms with E-state index in [9.17, 15) is 9.18 Å². The maximum atomic E-state index is 13.5. The van der Waals surface area contributed by atoms with Crippen molar-refractivity contribution >= 4 is 45.4 Å². The Hall–Kier alpha value is -3.00. The van der Waals surface area contributed by atoms with Crippen LogP contribution in [0, 0.1) is 26.6 Å². The van der Waals surface area contributed by atoms with E-state index in [1.54, 1.807) is 6.07 Å². The van der Waals surface area contributed by atoms with Crippen LogP contribution in [0.15, 0.2) is 35.5 Å². The van der Waals surface area contributed by atoms with Crippen LogP contribution in [-0.2, 0) is 4.79 Å². The maximum absolute atomic E-state index is 13.5. The molecule has 2 N–H and O–H groups in total. The zero-order valence-electron chi connectivity index (χ0n) is 15.6. The Morgan fingerprint density at radius 1 is 1.14 bits per heavy atom. The van der Waals surface area contributed by atoms with Gasteiger partial charge in [0.15, 0.2) is 5.65 Å². The van der Waals surface area contributed by atoms with Gasteiger partial charge in [-0.25, -0.2) is 9.37 Å². The number of nitrogens with one attached hydrogen (secondary N) is 2. The number of rotatable bonds is 4. The van der Waals surface area contributed by atoms with Crippen LogP contribution >= 0.6 is 11.8 Å². The highest BCUT2D eigenvalue weighted by Gasteiger charge is 2.13. The van der Waals surface area contributed by atoms with E-state index < -0.39 is 0 Å². The molecule has 4 aromatic rings. The fraction of sp³-hybridized carbons (Fsp3) is 0.200. The summed E-state index contributed by atoms with van der Waals surface area (Å²) in [6.07, 6.45) is 0. The second-order valence-electron chi connectivity index (χ2n) is 6.72. The first kappa shape index (κ1) is 18.4. The fourth-order valence-electron chi connectivity index (χ4n) is 3.27. The molecule has 0 saturated carbocycles. The highest BCUT2D eigenvalue weighted by Crippen LogP contribution is 2.25. The van der Waals surface area contributed by atoms with Crippen molar-refractivity contribution in [2.75, 3.05) is 11.1 Å². The second kappa shape index (κ2) is 7.20. The zero-order valence-corrected chi connectivity index (χ0v) is 16.4. The highest BCUT2D eigenvalue weighted by atomic mass is 32.2. The smallest absolute Gasteiger partial charge is 0.234 e. The SMILES string of the molecule is Cc1cc(C)c(NC(=O)CSc2nnc3c(n2)[nH]c2ccc(F)cc23)c(C)c1. The monoisotopic (exact) mass is 395 g/mol. The topological polar surface area (TPSA) is 83.6 Å². The van der Waals surface area contributed by atoms with E-state index in [1.807, 2.05) is 32.9 Å². The van der Waals surface area contributed by atoms with Crippen LogP contribution in [0.1, 0.15) is 16.7 Å². The molecule has 0 unspecified atom stereocenters. The average Bonchev–Trinajstić information content (AvgIpc) is 3.00. The predicted octanol–water partition coefficient (Wildman–Crippen LogP) is 4.30. The minimum Gasteiger partial charge on any atom is -0.338 e. The van der Waals surface area contributed by atoms with Crippen LogP contribution in [0.5, 0.6) is 0 Å². The largest absolute Gasteiger partial charge is 0.338 e. The first-order chi connectivity index (χ1) is 13.4. The standard InChI is InChI=1S/C20H18FN5OS/c1-10-6-11(2)17(12(3)7-10)23-16(27)9-28-20-24-19-18(25-26-20)14-8-13(21)4-5-15(14)22-19/h4-8H,9H2,1-3H3,(H,23,27)(H,22,24,26). The highest BCUT2D eigenvalue weighted by molar-refractivity contribution is 7.99. The number of thioether (sulfide) groups is 1. The number of fused-ring (bicyclic) bond motifs is 3. The zero-order chi connectivity index (χ0) is 19.8. The predicted molar refractivity (Wildman–Crippen MR) is 109 cm³/mol. The van der Waals surface area contributed by atoms with Gasteiger partial charge in [0, 0.05) is 16.6 Å². The molecule has 8 heteroatoms. The van der Waals surface area contributed by atoms with E-state index >= 15 is 0 Å². The number of aromatic amines is 1. The molecule has 142 valence electrons. The molecular weight excluding hydrogens is 377 g/mol. The summed E-state index contributed by atoms with van der Waals surface area (Å²) in [7, 11) is 0. The molecule has 2 aromatic carbocycles. The molecule has 4 rings (SSSR count). The second-order valence-corrected chi connectivity index (χ2v) is 7.66. The fourth-order valence-corrected chi connectivity index (χ4v) is 3.86. The summed E-state index contributed by atoms with van der Waals surface area (Å²) in [6.45, 7) is 5.98. The van der Waals surface area contributed by atoms with Gasteiger partial charge in [-0.3, -0.25) is 4.79 Å². The summed E-state index contributed by atoms with van der Waals surface area (Å²) in [5.74, 6) is -0.316. The van der Waals surface area contributed by atoms with Gasteiger partial charge in [0.2, 0.25) is 11.1 Å². The molecular formula is C20H18FN5OS. The Bertz CT molecular complexity index is 1200. The molecule has 28 heavy (non-hydrogen) atoms. The number of aromatic nitrogens is 4. The van der Waals surface area contributed by atoms with E-state index in [1.165, 1.54) is 23.9 Å². The number of amides is 1. The average molecular weight is 395 g/mol. The number of halogens is 1. The molecule has 0 saturated heterocycles. The Labute approximate surface area is 165 Å². The molecule has 0 aliphatic heterocycles. The molecule has 0 aliphatic carbocycles. The van der Waals surface area contributed by atoms with Gasteiger partial charge < -0.3 is 10.3 Å². The van der Waals surface area contributed by atoms with E-state index in [2.05, 4.69) is 25.5 Å². The quantitative estimate of drug-likeness (QED) is 0.503. The maximum Gasteiger partial charge on any atom is 0.234 e. The van der Waals surface area contributed by atoms with Gasteiger partial charge in [-0.15, -0.1) is 10.2 Å². The summed E-state index contributed by atoms with van der Waals surface area (Å²) in [4.78, 5) is 19.9. The van der Waals surface area contributed by atoms with Crippen molar-refractivity contribution in [3.63, 3.8) is 0 Å². The lowest BCUT2D eigenvalue weighted by Crippen LogP contribution is -2.16. The molecule has 0 spiro atoms. The number of benzene rings is 2. The van der Waals surface area contributed by atoms with Crippen molar-refractivity contribution in [2.24, 2.45) is 0 Å². The minimum atomic E-state index is -0.341. The van der Waals surface area contributed by atoms with Gasteiger partial charge in [-0.1, -0.05) is 29.5 Å². The third-order valence-corrected chi connectivity index (χ3v) is 5.27.